The van der Waals surface area contributed by atoms with Crippen molar-refractivity contribution in [1.82, 2.24) is 0 Å². The van der Waals surface area contributed by atoms with Crippen LogP contribution >= 0.6 is 0 Å². The monoisotopic (exact) mass is 396 g/mol. The van der Waals surface area contributed by atoms with Gasteiger partial charge in [0.05, 0.1) is 11.1 Å². The van der Waals surface area contributed by atoms with Gasteiger partial charge in [-0.1, -0.05) is 55.2 Å². The molecule has 0 aromatic heterocycles. The Labute approximate surface area is 174 Å². The molecule has 0 aliphatic rings. The van der Waals surface area contributed by atoms with Gasteiger partial charge in [-0.15, -0.1) is 0 Å². The van der Waals surface area contributed by atoms with Crippen molar-refractivity contribution in [3.8, 4) is 0 Å². The van der Waals surface area contributed by atoms with Crippen molar-refractivity contribution >= 4 is 11.9 Å². The molecule has 0 radical (unpaired) electrons. The Balaban J connectivity index is 1.96. The van der Waals surface area contributed by atoms with Gasteiger partial charge in [0.25, 0.3) is 0 Å². The number of esters is 2. The number of unbranched alkanes of at least 4 members (excludes halogenated alkanes) is 2. The van der Waals surface area contributed by atoms with Gasteiger partial charge in [0.15, 0.2) is 0 Å². The Morgan fingerprint density at radius 3 is 1.76 bits per heavy atom. The first-order chi connectivity index (χ1) is 13.9. The fraction of sp³-hybridized carbons (Fsp3) is 0.440. The molecular formula is C25H32O4. The molecule has 0 N–H and O–H groups in total. The summed E-state index contributed by atoms with van der Waals surface area (Å²) in [5.41, 5.74) is 3.26. The number of rotatable bonds is 10. The van der Waals surface area contributed by atoms with Crippen LogP contribution in [0, 0.1) is 13.8 Å². The molecule has 2 aromatic rings. The molecule has 0 fully saturated rings. The summed E-state index contributed by atoms with van der Waals surface area (Å²) in [5, 5.41) is 0. The van der Waals surface area contributed by atoms with Crippen molar-refractivity contribution in [2.75, 3.05) is 0 Å². The molecule has 0 bridgehead atoms. The van der Waals surface area contributed by atoms with E-state index >= 15 is 0 Å². The Morgan fingerprint density at radius 1 is 0.793 bits per heavy atom. The average Bonchev–Trinajstić information content (AvgIpc) is 2.69. The molecule has 0 saturated heterocycles. The van der Waals surface area contributed by atoms with E-state index in [2.05, 4.69) is 6.92 Å². The lowest BCUT2D eigenvalue weighted by Gasteiger charge is -2.22. The quantitative estimate of drug-likeness (QED) is 0.363. The summed E-state index contributed by atoms with van der Waals surface area (Å²) in [6.45, 7) is 7.94. The van der Waals surface area contributed by atoms with E-state index in [0.29, 0.717) is 17.5 Å². The van der Waals surface area contributed by atoms with Gasteiger partial charge in [0.1, 0.15) is 12.2 Å². The van der Waals surface area contributed by atoms with E-state index in [-0.39, 0.29) is 24.1 Å². The molecule has 0 amide bonds. The number of hydrogen-bond acceptors (Lipinski definition) is 4. The number of aryl methyl sites for hydroxylation is 2. The van der Waals surface area contributed by atoms with Crippen molar-refractivity contribution in [3.05, 3.63) is 70.8 Å². The van der Waals surface area contributed by atoms with Gasteiger partial charge in [0.2, 0.25) is 0 Å². The second-order valence-electron chi connectivity index (χ2n) is 7.71. The lowest BCUT2D eigenvalue weighted by molar-refractivity contribution is 0.00123. The Morgan fingerprint density at radius 2 is 1.28 bits per heavy atom. The van der Waals surface area contributed by atoms with Crippen molar-refractivity contribution < 1.29 is 19.1 Å². The summed E-state index contributed by atoms with van der Waals surface area (Å²) in [7, 11) is 0. The van der Waals surface area contributed by atoms with Gasteiger partial charge < -0.3 is 9.47 Å². The first-order valence-corrected chi connectivity index (χ1v) is 10.4. The van der Waals surface area contributed by atoms with Crippen LogP contribution in [0.5, 0.6) is 0 Å². The van der Waals surface area contributed by atoms with E-state index in [1.54, 1.807) is 24.3 Å². The van der Waals surface area contributed by atoms with Crippen LogP contribution < -0.4 is 0 Å². The van der Waals surface area contributed by atoms with Crippen LogP contribution in [0.15, 0.2) is 48.5 Å². The summed E-state index contributed by atoms with van der Waals surface area (Å²) >= 11 is 0. The first kappa shape index (κ1) is 22.7. The topological polar surface area (TPSA) is 52.6 Å². The van der Waals surface area contributed by atoms with Crippen LogP contribution in [-0.2, 0) is 9.47 Å². The zero-order chi connectivity index (χ0) is 21.2. The lowest BCUT2D eigenvalue weighted by Crippen LogP contribution is -2.26. The van der Waals surface area contributed by atoms with E-state index in [4.69, 9.17) is 9.47 Å². The number of ether oxygens (including phenoxy) is 2. The van der Waals surface area contributed by atoms with E-state index in [0.717, 1.165) is 36.8 Å². The first-order valence-electron chi connectivity index (χ1n) is 10.4. The maximum absolute atomic E-state index is 12.5. The van der Waals surface area contributed by atoms with Gasteiger partial charge >= 0.3 is 11.9 Å². The lowest BCUT2D eigenvalue weighted by atomic mass is 10.0. The number of benzene rings is 2. The van der Waals surface area contributed by atoms with E-state index < -0.39 is 0 Å². The summed E-state index contributed by atoms with van der Waals surface area (Å²) in [6.07, 6.45) is 3.77. The molecule has 29 heavy (non-hydrogen) atoms. The number of carbonyl (C=O) groups is 2. The van der Waals surface area contributed by atoms with Crippen LogP contribution in [0.25, 0.3) is 0 Å². The van der Waals surface area contributed by atoms with E-state index in [1.807, 2.05) is 45.0 Å². The third-order valence-corrected chi connectivity index (χ3v) is 4.88. The molecule has 0 aliphatic heterocycles. The van der Waals surface area contributed by atoms with Crippen molar-refractivity contribution in [3.63, 3.8) is 0 Å². The van der Waals surface area contributed by atoms with E-state index in [9.17, 15) is 9.59 Å². The van der Waals surface area contributed by atoms with Crippen LogP contribution in [0.1, 0.15) is 77.8 Å². The van der Waals surface area contributed by atoms with E-state index in [1.165, 1.54) is 0 Å². The Bertz CT molecular complexity index is 777. The van der Waals surface area contributed by atoms with Gasteiger partial charge in [-0.2, -0.15) is 0 Å². The molecule has 0 saturated carbocycles. The number of hydrogen-bond donors (Lipinski definition) is 0. The molecule has 2 unspecified atom stereocenters. The fourth-order valence-corrected chi connectivity index (χ4v) is 3.11. The SMILES string of the molecule is CCCCCC(CC(C)OC(=O)c1ccc(C)cc1)OC(=O)c1ccc(C)cc1. The molecular weight excluding hydrogens is 364 g/mol. The molecule has 2 aromatic carbocycles. The van der Waals surface area contributed by atoms with Gasteiger partial charge in [-0.25, -0.2) is 9.59 Å². The summed E-state index contributed by atoms with van der Waals surface area (Å²) in [4.78, 5) is 24.9. The minimum absolute atomic E-state index is 0.281. The fourth-order valence-electron chi connectivity index (χ4n) is 3.11. The average molecular weight is 397 g/mol. The molecule has 0 spiro atoms. The van der Waals surface area contributed by atoms with Crippen molar-refractivity contribution in [1.29, 1.82) is 0 Å². The highest BCUT2D eigenvalue weighted by atomic mass is 16.6. The Hall–Kier alpha value is -2.62. The highest BCUT2D eigenvalue weighted by Crippen LogP contribution is 2.18. The van der Waals surface area contributed by atoms with Crippen LogP contribution in [-0.4, -0.2) is 24.1 Å². The maximum atomic E-state index is 12.5. The van der Waals surface area contributed by atoms with Gasteiger partial charge in [-0.05, 0) is 57.9 Å². The molecule has 2 atom stereocenters. The minimum atomic E-state index is -0.352. The normalized spacial score (nSPS) is 12.8. The maximum Gasteiger partial charge on any atom is 0.338 e. The highest BCUT2D eigenvalue weighted by molar-refractivity contribution is 5.90. The molecule has 4 heteroatoms. The second kappa shape index (κ2) is 11.4. The summed E-state index contributed by atoms with van der Waals surface area (Å²) in [5.74, 6) is -0.682. The smallest absolute Gasteiger partial charge is 0.338 e. The summed E-state index contributed by atoms with van der Waals surface area (Å²) in [6, 6.07) is 14.7. The molecule has 4 nitrogen and oxygen atoms in total. The standard InChI is InChI=1S/C25H32O4/c1-5-6-7-8-23(29-25(27)22-15-11-19(3)12-16-22)17-20(4)28-24(26)21-13-9-18(2)10-14-21/h9-16,20,23H,5-8,17H2,1-4H3. The zero-order valence-corrected chi connectivity index (χ0v) is 17.9. The minimum Gasteiger partial charge on any atom is -0.459 e. The molecule has 0 heterocycles. The molecule has 0 aliphatic carbocycles. The van der Waals surface area contributed by atoms with Crippen molar-refractivity contribution in [2.24, 2.45) is 0 Å². The van der Waals surface area contributed by atoms with Crippen LogP contribution in [0.2, 0.25) is 0 Å². The second-order valence-corrected chi connectivity index (χ2v) is 7.71. The van der Waals surface area contributed by atoms with Gasteiger partial charge in [0, 0.05) is 6.42 Å². The third-order valence-electron chi connectivity index (χ3n) is 4.88. The predicted octanol–water partition coefficient (Wildman–Crippen LogP) is 6.04. The number of carbonyl (C=O) groups excluding carboxylic acids is 2. The Kier molecular flexibility index (Phi) is 8.91. The van der Waals surface area contributed by atoms with Crippen LogP contribution in [0.3, 0.4) is 0 Å². The molecule has 156 valence electrons. The predicted molar refractivity (Wildman–Crippen MR) is 115 cm³/mol. The van der Waals surface area contributed by atoms with Crippen LogP contribution in [0.4, 0.5) is 0 Å². The summed E-state index contributed by atoms with van der Waals surface area (Å²) < 4.78 is 11.4. The van der Waals surface area contributed by atoms with Crippen molar-refractivity contribution in [2.45, 2.75) is 72.0 Å². The van der Waals surface area contributed by atoms with Gasteiger partial charge in [-0.3, -0.25) is 0 Å². The largest absolute Gasteiger partial charge is 0.459 e. The zero-order valence-electron chi connectivity index (χ0n) is 17.9. The third kappa shape index (κ3) is 7.72. The highest BCUT2D eigenvalue weighted by Gasteiger charge is 2.21. The molecule has 2 rings (SSSR count).